The highest BCUT2D eigenvalue weighted by atomic mass is 16.4. The molecule has 0 bridgehead atoms. The highest BCUT2D eigenvalue weighted by Gasteiger charge is 2.28. The summed E-state index contributed by atoms with van der Waals surface area (Å²) in [5, 5.41) is 18.5. The van der Waals surface area contributed by atoms with Gasteiger partial charge in [0.15, 0.2) is 6.04 Å². The molecule has 0 heterocycles. The molecule has 5 heteroatoms. The molecule has 2 N–H and O–H groups in total. The molecule has 27 heavy (non-hydrogen) atoms. The molecule has 0 aromatic rings. The zero-order valence-electron chi connectivity index (χ0n) is 17.8. The molecule has 0 aromatic heterocycles. The zero-order chi connectivity index (χ0) is 20.3. The van der Waals surface area contributed by atoms with Gasteiger partial charge >= 0.3 is 5.97 Å². The fraction of sp³-hybridized carbons (Fsp3) is 0.909. The van der Waals surface area contributed by atoms with Crippen LogP contribution >= 0.6 is 0 Å². The summed E-state index contributed by atoms with van der Waals surface area (Å²) >= 11 is 0. The molecule has 1 unspecified atom stereocenters. The van der Waals surface area contributed by atoms with Gasteiger partial charge in [-0.25, -0.2) is 4.79 Å². The molecule has 1 amide bonds. The molecule has 0 spiro atoms. The van der Waals surface area contributed by atoms with Crippen molar-refractivity contribution < 1.29 is 19.8 Å². The van der Waals surface area contributed by atoms with Gasteiger partial charge in [-0.05, 0) is 12.8 Å². The first-order valence-electron chi connectivity index (χ1n) is 11.2. The highest BCUT2D eigenvalue weighted by Crippen LogP contribution is 2.14. The molecule has 160 valence electrons. The van der Waals surface area contributed by atoms with Gasteiger partial charge in [-0.15, -0.1) is 0 Å². The normalized spacial score (nSPS) is 12.1. The second-order valence-corrected chi connectivity index (χ2v) is 7.62. The number of hydrogen-bond acceptors (Lipinski definition) is 3. The Balaban J connectivity index is 3.84. The van der Waals surface area contributed by atoms with Gasteiger partial charge in [0.2, 0.25) is 5.91 Å². The Labute approximate surface area is 166 Å². The van der Waals surface area contributed by atoms with Gasteiger partial charge in [-0.1, -0.05) is 90.9 Å². The predicted molar refractivity (Wildman–Crippen MR) is 111 cm³/mol. The lowest BCUT2D eigenvalue weighted by atomic mass is 10.0. The van der Waals surface area contributed by atoms with Gasteiger partial charge in [0.25, 0.3) is 0 Å². The Morgan fingerprint density at radius 1 is 0.741 bits per heavy atom. The van der Waals surface area contributed by atoms with E-state index in [1.807, 2.05) is 6.92 Å². The third kappa shape index (κ3) is 13.7. The minimum Gasteiger partial charge on any atom is -0.480 e. The van der Waals surface area contributed by atoms with Crippen LogP contribution in [0.25, 0.3) is 0 Å². The summed E-state index contributed by atoms with van der Waals surface area (Å²) < 4.78 is 0. The maximum absolute atomic E-state index is 12.4. The lowest BCUT2D eigenvalue weighted by Crippen LogP contribution is -2.47. The SMILES string of the molecule is CCCCCCCCCCCCCCC(=O)N(CCCC)C(CO)C(=O)O. The van der Waals surface area contributed by atoms with Gasteiger partial charge in [-0.3, -0.25) is 4.79 Å². The average molecular weight is 386 g/mol. The summed E-state index contributed by atoms with van der Waals surface area (Å²) in [7, 11) is 0. The number of aliphatic hydroxyl groups excluding tert-OH is 1. The Morgan fingerprint density at radius 3 is 1.59 bits per heavy atom. The van der Waals surface area contributed by atoms with Crippen molar-refractivity contribution in [1.29, 1.82) is 0 Å². The molecular formula is C22H43NO4. The Kier molecular flexibility index (Phi) is 17.5. The number of nitrogens with zero attached hydrogens (tertiary/aromatic N) is 1. The number of carbonyl (C=O) groups excluding carboxylic acids is 1. The third-order valence-corrected chi connectivity index (χ3v) is 5.15. The van der Waals surface area contributed by atoms with Crippen LogP contribution in [-0.4, -0.2) is 46.2 Å². The van der Waals surface area contributed by atoms with Gasteiger partial charge in [0, 0.05) is 13.0 Å². The van der Waals surface area contributed by atoms with Crippen molar-refractivity contribution in [3.05, 3.63) is 0 Å². The average Bonchev–Trinajstić information content (AvgIpc) is 2.65. The van der Waals surface area contributed by atoms with E-state index >= 15 is 0 Å². The van der Waals surface area contributed by atoms with Crippen LogP contribution in [0, 0.1) is 0 Å². The molecule has 0 fully saturated rings. The summed E-state index contributed by atoms with van der Waals surface area (Å²) in [5.74, 6) is -1.27. The second-order valence-electron chi connectivity index (χ2n) is 7.62. The van der Waals surface area contributed by atoms with Crippen LogP contribution in [0.2, 0.25) is 0 Å². The van der Waals surface area contributed by atoms with Crippen LogP contribution in [0.3, 0.4) is 0 Å². The summed E-state index contributed by atoms with van der Waals surface area (Å²) in [5.41, 5.74) is 0. The lowest BCUT2D eigenvalue weighted by Gasteiger charge is -2.27. The number of amides is 1. The van der Waals surface area contributed by atoms with E-state index in [0.717, 1.165) is 32.1 Å². The van der Waals surface area contributed by atoms with E-state index in [2.05, 4.69) is 6.92 Å². The molecule has 0 saturated carbocycles. The quantitative estimate of drug-likeness (QED) is 0.301. The summed E-state index contributed by atoms with van der Waals surface area (Å²) in [6.07, 6.45) is 16.9. The van der Waals surface area contributed by atoms with Crippen molar-refractivity contribution in [3.63, 3.8) is 0 Å². The molecule has 0 saturated heterocycles. The van der Waals surface area contributed by atoms with Gasteiger partial charge in [-0.2, -0.15) is 0 Å². The van der Waals surface area contributed by atoms with Crippen molar-refractivity contribution in [2.45, 2.75) is 116 Å². The van der Waals surface area contributed by atoms with Crippen LogP contribution in [0.4, 0.5) is 0 Å². The lowest BCUT2D eigenvalue weighted by molar-refractivity contribution is -0.152. The fourth-order valence-electron chi connectivity index (χ4n) is 3.35. The number of aliphatic carboxylic acids is 1. The van der Waals surface area contributed by atoms with Crippen LogP contribution in [0.5, 0.6) is 0 Å². The van der Waals surface area contributed by atoms with Crippen LogP contribution in [0.15, 0.2) is 0 Å². The van der Waals surface area contributed by atoms with E-state index in [4.69, 9.17) is 0 Å². The van der Waals surface area contributed by atoms with Crippen molar-refractivity contribution >= 4 is 11.9 Å². The molecule has 5 nitrogen and oxygen atoms in total. The van der Waals surface area contributed by atoms with E-state index in [1.165, 1.54) is 62.7 Å². The Hall–Kier alpha value is -1.10. The Morgan fingerprint density at radius 2 is 1.19 bits per heavy atom. The van der Waals surface area contributed by atoms with Gasteiger partial charge < -0.3 is 15.1 Å². The van der Waals surface area contributed by atoms with Crippen molar-refractivity contribution in [1.82, 2.24) is 4.90 Å². The first-order valence-corrected chi connectivity index (χ1v) is 11.2. The summed E-state index contributed by atoms with van der Waals surface area (Å²) in [6, 6.07) is -1.11. The highest BCUT2D eigenvalue weighted by molar-refractivity contribution is 5.83. The summed E-state index contributed by atoms with van der Waals surface area (Å²) in [6.45, 7) is 4.13. The second kappa shape index (κ2) is 18.3. The maximum Gasteiger partial charge on any atom is 0.328 e. The molecular weight excluding hydrogens is 342 g/mol. The molecule has 0 aromatic carbocycles. The number of hydrogen-bond donors (Lipinski definition) is 2. The number of carboxylic acids is 1. The summed E-state index contributed by atoms with van der Waals surface area (Å²) in [4.78, 5) is 25.0. The third-order valence-electron chi connectivity index (χ3n) is 5.15. The minimum absolute atomic E-state index is 0.142. The van der Waals surface area contributed by atoms with E-state index in [-0.39, 0.29) is 5.91 Å². The molecule has 0 aliphatic rings. The number of aliphatic hydroxyl groups is 1. The van der Waals surface area contributed by atoms with Crippen LogP contribution < -0.4 is 0 Å². The van der Waals surface area contributed by atoms with Crippen molar-refractivity contribution in [3.8, 4) is 0 Å². The fourth-order valence-corrected chi connectivity index (χ4v) is 3.35. The zero-order valence-corrected chi connectivity index (χ0v) is 17.8. The number of rotatable bonds is 19. The van der Waals surface area contributed by atoms with Crippen molar-refractivity contribution in [2.75, 3.05) is 13.2 Å². The number of carbonyl (C=O) groups is 2. The Bertz CT molecular complexity index is 373. The molecule has 0 aliphatic heterocycles. The van der Waals surface area contributed by atoms with Crippen molar-refractivity contribution in [2.24, 2.45) is 0 Å². The van der Waals surface area contributed by atoms with E-state index < -0.39 is 18.6 Å². The first kappa shape index (κ1) is 25.9. The standard InChI is InChI=1S/C22H43NO4/c1-3-5-7-8-9-10-11-12-13-14-15-16-17-21(25)23(18-6-4-2)20(19-24)22(26)27/h20,24H,3-19H2,1-2H3,(H,26,27). The molecule has 1 atom stereocenters. The maximum atomic E-state index is 12.4. The monoisotopic (exact) mass is 385 g/mol. The molecule has 0 rings (SSSR count). The smallest absolute Gasteiger partial charge is 0.328 e. The first-order chi connectivity index (χ1) is 13.1. The molecule has 0 aliphatic carbocycles. The van der Waals surface area contributed by atoms with E-state index in [1.54, 1.807) is 0 Å². The van der Waals surface area contributed by atoms with Crippen LogP contribution in [-0.2, 0) is 9.59 Å². The largest absolute Gasteiger partial charge is 0.480 e. The van der Waals surface area contributed by atoms with Gasteiger partial charge in [0.1, 0.15) is 0 Å². The van der Waals surface area contributed by atoms with E-state index in [9.17, 15) is 19.8 Å². The number of carboxylic acid groups (broad SMARTS) is 1. The number of unbranched alkanes of at least 4 members (excludes halogenated alkanes) is 12. The van der Waals surface area contributed by atoms with Crippen LogP contribution in [0.1, 0.15) is 110 Å². The molecule has 0 radical (unpaired) electrons. The minimum atomic E-state index is -1.13. The predicted octanol–water partition coefficient (Wildman–Crippen LogP) is 5.15. The topological polar surface area (TPSA) is 77.8 Å². The van der Waals surface area contributed by atoms with E-state index in [0.29, 0.717) is 13.0 Å². The van der Waals surface area contributed by atoms with Gasteiger partial charge in [0.05, 0.1) is 6.61 Å².